The van der Waals surface area contributed by atoms with Crippen LogP contribution in [0.25, 0.3) is 10.9 Å². The molecule has 0 unspecified atom stereocenters. The van der Waals surface area contributed by atoms with Crippen molar-refractivity contribution in [3.8, 4) is 6.01 Å². The first-order valence-corrected chi connectivity index (χ1v) is 12.7. The average molecular weight is 462 g/mol. The molecule has 1 aromatic carbocycles. The molecule has 0 bridgehead atoms. The fourth-order valence-electron chi connectivity index (χ4n) is 5.32. The summed E-state index contributed by atoms with van der Waals surface area (Å²) < 4.78 is 5.73. The van der Waals surface area contributed by atoms with Crippen molar-refractivity contribution in [3.63, 3.8) is 0 Å². The lowest BCUT2D eigenvalue weighted by molar-refractivity contribution is 0.0921. The molecule has 1 aliphatic carbocycles. The van der Waals surface area contributed by atoms with Crippen LogP contribution in [0.1, 0.15) is 67.7 Å². The molecule has 34 heavy (non-hydrogen) atoms. The number of nitrogens with zero attached hydrogens (tertiary/aromatic N) is 3. The molecule has 3 aromatic rings. The van der Waals surface area contributed by atoms with Crippen LogP contribution in [0.5, 0.6) is 6.01 Å². The molecular formula is C27H35N5O2. The Morgan fingerprint density at radius 3 is 2.88 bits per heavy atom. The fraction of sp³-hybridized carbons (Fsp3) is 0.519. The van der Waals surface area contributed by atoms with Gasteiger partial charge in [0.25, 0.3) is 11.9 Å². The Labute approximate surface area is 201 Å². The van der Waals surface area contributed by atoms with Gasteiger partial charge in [-0.05, 0) is 76.6 Å². The second-order valence-corrected chi connectivity index (χ2v) is 10.0. The number of amides is 1. The van der Waals surface area contributed by atoms with Crippen LogP contribution in [0.15, 0.2) is 36.5 Å². The number of H-pyrrole nitrogens is 1. The number of rotatable bonds is 7. The Balaban J connectivity index is 1.08. The molecule has 1 fully saturated rings. The summed E-state index contributed by atoms with van der Waals surface area (Å²) in [4.78, 5) is 27.8. The van der Waals surface area contributed by atoms with E-state index in [-0.39, 0.29) is 18.1 Å². The maximum atomic E-state index is 12.9. The van der Waals surface area contributed by atoms with Crippen molar-refractivity contribution < 1.29 is 9.53 Å². The largest absolute Gasteiger partial charge is 0.462 e. The van der Waals surface area contributed by atoms with Crippen LogP contribution in [0.3, 0.4) is 0 Å². The third-order valence-electron chi connectivity index (χ3n) is 7.16. The van der Waals surface area contributed by atoms with Crippen LogP contribution >= 0.6 is 0 Å². The predicted octanol–water partition coefficient (Wildman–Crippen LogP) is 4.48. The average Bonchev–Trinajstić information content (AvgIpc) is 3.24. The number of aromatic nitrogens is 3. The maximum absolute atomic E-state index is 12.9. The van der Waals surface area contributed by atoms with E-state index in [4.69, 9.17) is 4.74 Å². The standard InChI is InChI=1S/C27H35N5O2/c1-18(2)34-27-30-24-13-16-32(17-25(24)31-27)15-12-19-8-10-20(11-9-19)29-26(33)22-5-3-7-23-21(22)6-4-14-28-23/h3-7,14,18-20H,8-13,15-17H2,1-2H3,(H,29,33)(H,30,31). The van der Waals surface area contributed by atoms with E-state index in [9.17, 15) is 4.79 Å². The highest BCUT2D eigenvalue weighted by Gasteiger charge is 2.25. The van der Waals surface area contributed by atoms with Gasteiger partial charge in [0.05, 0.1) is 23.0 Å². The molecule has 1 aliphatic heterocycles. The van der Waals surface area contributed by atoms with Crippen molar-refractivity contribution in [2.75, 3.05) is 13.1 Å². The summed E-state index contributed by atoms with van der Waals surface area (Å²) >= 11 is 0. The third kappa shape index (κ3) is 5.25. The van der Waals surface area contributed by atoms with Gasteiger partial charge in [0, 0.05) is 42.7 Å². The molecule has 2 aromatic heterocycles. The van der Waals surface area contributed by atoms with Gasteiger partial charge >= 0.3 is 0 Å². The fourth-order valence-corrected chi connectivity index (χ4v) is 5.32. The van der Waals surface area contributed by atoms with E-state index in [1.165, 1.54) is 25.0 Å². The highest BCUT2D eigenvalue weighted by Crippen LogP contribution is 2.29. The minimum atomic E-state index is 0.0199. The van der Waals surface area contributed by atoms with Crippen LogP contribution in [-0.2, 0) is 13.0 Å². The van der Waals surface area contributed by atoms with Crippen molar-refractivity contribution in [2.45, 2.75) is 71.1 Å². The van der Waals surface area contributed by atoms with E-state index in [2.05, 4.69) is 25.2 Å². The number of carbonyl (C=O) groups is 1. The van der Waals surface area contributed by atoms with Gasteiger partial charge in [0.1, 0.15) is 0 Å². The van der Waals surface area contributed by atoms with Gasteiger partial charge in [-0.2, -0.15) is 0 Å². The molecule has 5 rings (SSSR count). The van der Waals surface area contributed by atoms with Gasteiger partial charge in [-0.25, -0.2) is 4.98 Å². The predicted molar refractivity (Wildman–Crippen MR) is 133 cm³/mol. The van der Waals surface area contributed by atoms with Gasteiger partial charge < -0.3 is 15.0 Å². The molecule has 7 heteroatoms. The number of nitrogens with one attached hydrogen (secondary N) is 2. The first-order valence-electron chi connectivity index (χ1n) is 12.7. The number of pyridine rings is 1. The molecule has 0 atom stereocenters. The zero-order chi connectivity index (χ0) is 23.5. The summed E-state index contributed by atoms with van der Waals surface area (Å²) in [7, 11) is 0. The van der Waals surface area contributed by atoms with E-state index >= 15 is 0 Å². The van der Waals surface area contributed by atoms with Crippen molar-refractivity contribution >= 4 is 16.8 Å². The Bertz CT molecular complexity index is 1130. The van der Waals surface area contributed by atoms with Crippen LogP contribution < -0.4 is 10.1 Å². The van der Waals surface area contributed by atoms with Gasteiger partial charge in [0.15, 0.2) is 0 Å². The molecule has 1 amide bonds. The number of fused-ring (bicyclic) bond motifs is 2. The van der Waals surface area contributed by atoms with Crippen LogP contribution in [0, 0.1) is 5.92 Å². The van der Waals surface area contributed by atoms with Gasteiger partial charge in [-0.15, -0.1) is 0 Å². The van der Waals surface area contributed by atoms with E-state index < -0.39 is 0 Å². The minimum absolute atomic E-state index is 0.0199. The smallest absolute Gasteiger partial charge is 0.294 e. The van der Waals surface area contributed by atoms with Crippen LogP contribution in [0.2, 0.25) is 0 Å². The van der Waals surface area contributed by atoms with Gasteiger partial charge in [0.2, 0.25) is 0 Å². The number of carbonyl (C=O) groups excluding carboxylic acids is 1. The molecule has 2 aliphatic rings. The second kappa shape index (κ2) is 10.1. The Morgan fingerprint density at radius 2 is 2.06 bits per heavy atom. The molecule has 1 saturated carbocycles. The number of benzene rings is 1. The summed E-state index contributed by atoms with van der Waals surface area (Å²) in [5.41, 5.74) is 3.95. The summed E-state index contributed by atoms with van der Waals surface area (Å²) in [6.07, 6.45) is 8.56. The summed E-state index contributed by atoms with van der Waals surface area (Å²) in [5, 5.41) is 4.20. The molecule has 0 radical (unpaired) electrons. The van der Waals surface area contributed by atoms with E-state index in [0.717, 1.165) is 67.0 Å². The zero-order valence-electron chi connectivity index (χ0n) is 20.2. The Morgan fingerprint density at radius 1 is 1.21 bits per heavy atom. The molecule has 180 valence electrons. The summed E-state index contributed by atoms with van der Waals surface area (Å²) in [6.45, 7) is 7.15. The lowest BCUT2D eigenvalue weighted by atomic mass is 9.84. The van der Waals surface area contributed by atoms with E-state index in [1.54, 1.807) is 6.20 Å². The topological polar surface area (TPSA) is 83.1 Å². The van der Waals surface area contributed by atoms with E-state index in [0.29, 0.717) is 6.01 Å². The monoisotopic (exact) mass is 461 g/mol. The number of hydrogen-bond donors (Lipinski definition) is 2. The molecular weight excluding hydrogens is 426 g/mol. The SMILES string of the molecule is CC(C)Oc1nc2c([nH]1)CN(CCC1CCC(NC(=O)c3cccc4ncccc34)CC1)CC2. The van der Waals surface area contributed by atoms with Crippen molar-refractivity contribution in [1.82, 2.24) is 25.2 Å². The number of aromatic amines is 1. The van der Waals surface area contributed by atoms with Crippen molar-refractivity contribution in [3.05, 3.63) is 53.5 Å². The van der Waals surface area contributed by atoms with E-state index in [1.807, 2.05) is 44.2 Å². The Kier molecular flexibility index (Phi) is 6.81. The van der Waals surface area contributed by atoms with Crippen molar-refractivity contribution in [1.29, 1.82) is 0 Å². The number of imidazole rings is 1. The maximum Gasteiger partial charge on any atom is 0.294 e. The van der Waals surface area contributed by atoms with Crippen LogP contribution in [-0.4, -0.2) is 51.0 Å². The number of hydrogen-bond acceptors (Lipinski definition) is 5. The normalized spacial score (nSPS) is 20.9. The second-order valence-electron chi connectivity index (χ2n) is 10.0. The molecule has 3 heterocycles. The first-order chi connectivity index (χ1) is 16.5. The highest BCUT2D eigenvalue weighted by molar-refractivity contribution is 6.06. The third-order valence-corrected chi connectivity index (χ3v) is 7.16. The summed E-state index contributed by atoms with van der Waals surface area (Å²) in [6, 6.07) is 10.5. The van der Waals surface area contributed by atoms with Gasteiger partial charge in [-0.3, -0.25) is 14.7 Å². The molecule has 7 nitrogen and oxygen atoms in total. The zero-order valence-corrected chi connectivity index (χ0v) is 20.2. The molecule has 0 spiro atoms. The summed E-state index contributed by atoms with van der Waals surface area (Å²) in [5.74, 6) is 0.754. The molecule has 2 N–H and O–H groups in total. The van der Waals surface area contributed by atoms with Crippen molar-refractivity contribution in [2.24, 2.45) is 5.92 Å². The lowest BCUT2D eigenvalue weighted by Gasteiger charge is -2.32. The highest BCUT2D eigenvalue weighted by atomic mass is 16.5. The number of ether oxygens (including phenoxy) is 1. The van der Waals surface area contributed by atoms with Crippen LogP contribution in [0.4, 0.5) is 0 Å². The Hall–Kier alpha value is -2.93. The quantitative estimate of drug-likeness (QED) is 0.542. The first kappa shape index (κ1) is 22.8. The minimum Gasteiger partial charge on any atom is -0.462 e. The molecule has 0 saturated heterocycles. The lowest BCUT2D eigenvalue weighted by Crippen LogP contribution is -2.38. The van der Waals surface area contributed by atoms with Gasteiger partial charge in [-0.1, -0.05) is 12.1 Å².